The number of rotatable bonds is 0. The van der Waals surface area contributed by atoms with Crippen LogP contribution in [0.3, 0.4) is 0 Å². The highest BCUT2D eigenvalue weighted by molar-refractivity contribution is 6.17. The van der Waals surface area contributed by atoms with Crippen LogP contribution >= 0.6 is 11.6 Å². The number of hydrogen-bond acceptors (Lipinski definition) is 1. The molecule has 0 rings (SSSR count). The molecule has 0 atom stereocenters. The zero-order valence-corrected chi connectivity index (χ0v) is 5.83. The van der Waals surface area contributed by atoms with Crippen LogP contribution in [-0.4, -0.2) is 23.1 Å². The molecule has 0 saturated carbocycles. The molecule has 10 heavy (non-hydrogen) atoms. The van der Waals surface area contributed by atoms with E-state index >= 15 is 0 Å². The molecular weight excluding hydrogens is 172 g/mol. The third-order valence-corrected chi connectivity index (χ3v) is 0.243. The lowest BCUT2D eigenvalue weighted by Crippen LogP contribution is -2.21. The predicted molar refractivity (Wildman–Crippen MR) is 30.1 cm³/mol. The molecule has 0 heterocycles. The summed E-state index contributed by atoms with van der Waals surface area (Å²) in [5, 5.41) is 7.12. The molecule has 0 amide bonds. The molecule has 0 aromatic heterocycles. The fraction of sp³-hybridized carbons (Fsp3) is 0.750. The summed E-state index contributed by atoms with van der Waals surface area (Å²) in [6.07, 6.45) is -5.08. The van der Waals surface area contributed by atoms with Crippen molar-refractivity contribution in [3.63, 3.8) is 0 Å². The fourth-order valence-corrected chi connectivity index (χ4v) is 0. The monoisotopic (exact) mass is 178 g/mol. The summed E-state index contributed by atoms with van der Waals surface area (Å²) in [7, 11) is 0. The zero-order valence-electron chi connectivity index (χ0n) is 5.07. The average molecular weight is 179 g/mol. The van der Waals surface area contributed by atoms with Crippen LogP contribution in [0.5, 0.6) is 0 Å². The summed E-state index contributed by atoms with van der Waals surface area (Å²) >= 11 is 5.00. The van der Waals surface area contributed by atoms with Crippen molar-refractivity contribution in [3.05, 3.63) is 0 Å². The van der Waals surface area contributed by atoms with Crippen molar-refractivity contribution in [2.45, 2.75) is 13.1 Å². The molecule has 6 heteroatoms. The molecule has 0 bridgehead atoms. The van der Waals surface area contributed by atoms with E-state index in [2.05, 4.69) is 0 Å². The molecule has 2 nitrogen and oxygen atoms in total. The Kier molecular flexibility index (Phi) is 6.54. The van der Waals surface area contributed by atoms with Crippen LogP contribution in [0.2, 0.25) is 0 Å². The molecule has 0 radical (unpaired) electrons. The van der Waals surface area contributed by atoms with Crippen LogP contribution < -0.4 is 0 Å². The van der Waals surface area contributed by atoms with Crippen LogP contribution in [0, 0.1) is 0 Å². The first-order valence-corrected chi connectivity index (χ1v) is 2.75. The van der Waals surface area contributed by atoms with Gasteiger partial charge in [-0.15, -0.1) is 11.6 Å². The van der Waals surface area contributed by atoms with Crippen molar-refractivity contribution in [2.24, 2.45) is 0 Å². The Morgan fingerprint density at radius 1 is 1.60 bits per heavy atom. The Balaban J connectivity index is 0. The van der Waals surface area contributed by atoms with Crippen LogP contribution in [0.25, 0.3) is 0 Å². The largest absolute Gasteiger partial charge is 0.490 e. The molecule has 1 N–H and O–H groups in total. The lowest BCUT2D eigenvalue weighted by atomic mass is 10.7. The maximum absolute atomic E-state index is 10.6. The highest BCUT2D eigenvalue weighted by Gasteiger charge is 2.38. The van der Waals surface area contributed by atoms with Crippen molar-refractivity contribution in [1.82, 2.24) is 0 Å². The van der Waals surface area contributed by atoms with Crippen LogP contribution in [-0.2, 0) is 4.79 Å². The van der Waals surface area contributed by atoms with E-state index in [1.807, 2.05) is 6.92 Å². The SMILES string of the molecule is CCCl.O=C(O)C(F)(F)F. The minimum atomic E-state index is -5.08. The topological polar surface area (TPSA) is 37.3 Å². The van der Waals surface area contributed by atoms with Crippen LogP contribution in [0.4, 0.5) is 13.2 Å². The first-order chi connectivity index (χ1) is 4.36. The highest BCUT2D eigenvalue weighted by atomic mass is 35.5. The Labute approximate surface area is 60.6 Å². The summed E-state index contributed by atoms with van der Waals surface area (Å²) in [5.74, 6) is -2.03. The Morgan fingerprint density at radius 2 is 1.70 bits per heavy atom. The first kappa shape index (κ1) is 12.2. The lowest BCUT2D eigenvalue weighted by Gasteiger charge is -1.93. The number of carboxylic acids is 1. The molecule has 0 aromatic carbocycles. The second kappa shape index (κ2) is 5.34. The summed E-state index contributed by atoms with van der Waals surface area (Å²) in [4.78, 5) is 8.90. The summed E-state index contributed by atoms with van der Waals surface area (Å²) in [6, 6.07) is 0. The maximum Gasteiger partial charge on any atom is 0.490 e. The fourth-order valence-electron chi connectivity index (χ4n) is 0. The molecule has 0 aliphatic rings. The van der Waals surface area contributed by atoms with Gasteiger partial charge < -0.3 is 5.11 Å². The molecule has 0 fully saturated rings. The van der Waals surface area contributed by atoms with Gasteiger partial charge in [0.25, 0.3) is 0 Å². The van der Waals surface area contributed by atoms with Gasteiger partial charge in [0, 0.05) is 5.88 Å². The summed E-state index contributed by atoms with van der Waals surface area (Å²) in [5.41, 5.74) is 0. The van der Waals surface area contributed by atoms with E-state index in [1.165, 1.54) is 0 Å². The van der Waals surface area contributed by atoms with E-state index in [0.717, 1.165) is 5.88 Å². The maximum atomic E-state index is 10.6. The minimum absolute atomic E-state index is 0.722. The molecular formula is C4H6ClF3O2. The number of carbonyl (C=O) groups is 1. The molecule has 0 aliphatic carbocycles. The Bertz CT molecular complexity index is 101. The summed E-state index contributed by atoms with van der Waals surface area (Å²) < 4.78 is 31.7. The van der Waals surface area contributed by atoms with Gasteiger partial charge in [0.2, 0.25) is 0 Å². The number of aliphatic carboxylic acids is 1. The van der Waals surface area contributed by atoms with E-state index in [9.17, 15) is 13.2 Å². The van der Waals surface area contributed by atoms with Crippen molar-refractivity contribution >= 4 is 17.6 Å². The summed E-state index contributed by atoms with van der Waals surface area (Å²) in [6.45, 7) is 1.89. The van der Waals surface area contributed by atoms with Gasteiger partial charge >= 0.3 is 12.1 Å². The quantitative estimate of drug-likeness (QED) is 0.575. The van der Waals surface area contributed by atoms with Crippen molar-refractivity contribution < 1.29 is 23.1 Å². The molecule has 62 valence electrons. The third-order valence-electron chi connectivity index (χ3n) is 0.243. The predicted octanol–water partition coefficient (Wildman–Crippen LogP) is 1.88. The normalized spacial score (nSPS) is 9.70. The number of carboxylic acid groups (broad SMARTS) is 1. The standard InChI is InChI=1S/C2H5Cl.C2HF3O2/c1-2-3;3-2(4,5)1(6)7/h2H2,1H3;(H,6,7). The van der Waals surface area contributed by atoms with E-state index < -0.39 is 12.1 Å². The van der Waals surface area contributed by atoms with E-state index in [-0.39, 0.29) is 0 Å². The van der Waals surface area contributed by atoms with Gasteiger partial charge in [-0.05, 0) is 0 Å². The van der Waals surface area contributed by atoms with Gasteiger partial charge in [-0.25, -0.2) is 4.79 Å². The van der Waals surface area contributed by atoms with E-state index in [0.29, 0.717) is 0 Å². The van der Waals surface area contributed by atoms with Gasteiger partial charge in [0.1, 0.15) is 0 Å². The molecule has 0 aliphatic heterocycles. The second-order valence-corrected chi connectivity index (χ2v) is 1.60. The van der Waals surface area contributed by atoms with E-state index in [4.69, 9.17) is 21.5 Å². The number of alkyl halides is 4. The van der Waals surface area contributed by atoms with Crippen molar-refractivity contribution in [1.29, 1.82) is 0 Å². The van der Waals surface area contributed by atoms with Gasteiger partial charge in [-0.1, -0.05) is 6.92 Å². The van der Waals surface area contributed by atoms with Gasteiger partial charge in [0.05, 0.1) is 0 Å². The number of hydrogen-bond donors (Lipinski definition) is 1. The van der Waals surface area contributed by atoms with Gasteiger partial charge in [-0.3, -0.25) is 0 Å². The van der Waals surface area contributed by atoms with Gasteiger partial charge in [-0.2, -0.15) is 13.2 Å². The second-order valence-electron chi connectivity index (χ2n) is 1.07. The average Bonchev–Trinajstić information content (AvgIpc) is 1.64. The van der Waals surface area contributed by atoms with Gasteiger partial charge in [0.15, 0.2) is 0 Å². The first-order valence-electron chi connectivity index (χ1n) is 2.22. The van der Waals surface area contributed by atoms with Crippen molar-refractivity contribution in [3.8, 4) is 0 Å². The number of halogens is 4. The third kappa shape index (κ3) is 10.5. The zero-order chi connectivity index (χ0) is 8.78. The Morgan fingerprint density at radius 3 is 1.70 bits per heavy atom. The lowest BCUT2D eigenvalue weighted by molar-refractivity contribution is -0.192. The Hall–Kier alpha value is -0.450. The molecule has 0 aromatic rings. The minimum Gasteiger partial charge on any atom is -0.475 e. The van der Waals surface area contributed by atoms with Crippen molar-refractivity contribution in [2.75, 3.05) is 5.88 Å². The highest BCUT2D eigenvalue weighted by Crippen LogP contribution is 2.13. The molecule has 0 spiro atoms. The van der Waals surface area contributed by atoms with Crippen LogP contribution in [0.15, 0.2) is 0 Å². The van der Waals surface area contributed by atoms with E-state index in [1.54, 1.807) is 0 Å². The molecule has 0 saturated heterocycles. The molecule has 0 unspecified atom stereocenters. The smallest absolute Gasteiger partial charge is 0.475 e. The van der Waals surface area contributed by atoms with Crippen LogP contribution in [0.1, 0.15) is 6.92 Å².